The van der Waals surface area contributed by atoms with Gasteiger partial charge >= 0.3 is 0 Å². The second-order valence-corrected chi connectivity index (χ2v) is 5.64. The molecule has 0 aliphatic rings. The van der Waals surface area contributed by atoms with E-state index in [1.54, 1.807) is 10.9 Å². The first-order valence-electron chi connectivity index (χ1n) is 7.57. The van der Waals surface area contributed by atoms with Gasteiger partial charge in [-0.3, -0.25) is 4.68 Å². The highest BCUT2D eigenvalue weighted by molar-refractivity contribution is 5.53. The lowest BCUT2D eigenvalue weighted by atomic mass is 9.97. The van der Waals surface area contributed by atoms with Crippen LogP contribution in [-0.4, -0.2) is 32.8 Å². The van der Waals surface area contributed by atoms with Crippen LogP contribution in [0.2, 0.25) is 0 Å². The van der Waals surface area contributed by atoms with Crippen molar-refractivity contribution in [3.63, 3.8) is 0 Å². The summed E-state index contributed by atoms with van der Waals surface area (Å²) >= 11 is 0. The monoisotopic (exact) mass is 287 g/mol. The Bertz CT molecular complexity index is 579. The summed E-state index contributed by atoms with van der Waals surface area (Å²) in [5.74, 6) is 1.18. The summed E-state index contributed by atoms with van der Waals surface area (Å²) in [5, 5.41) is 7.65. The Morgan fingerprint density at radius 1 is 1.24 bits per heavy atom. The molecule has 5 heteroatoms. The molecule has 0 fully saturated rings. The van der Waals surface area contributed by atoms with E-state index in [1.165, 1.54) is 5.56 Å². The van der Waals surface area contributed by atoms with Gasteiger partial charge in [0.05, 0.1) is 11.8 Å². The maximum atomic E-state index is 4.67. The fourth-order valence-electron chi connectivity index (χ4n) is 2.70. The minimum absolute atomic E-state index is 0.416. The van der Waals surface area contributed by atoms with Crippen molar-refractivity contribution in [2.24, 2.45) is 7.05 Å². The standard InChI is InChI=1S/C16H25N5/c1-6-7-17-8-11(2)15-12(3)19-16(20-13(15)4)14-9-18-21(5)10-14/h9-11,17H,6-8H2,1-5H3. The number of nitrogens with one attached hydrogen (secondary N) is 1. The molecule has 0 saturated carbocycles. The van der Waals surface area contributed by atoms with Crippen molar-refractivity contribution in [3.8, 4) is 11.4 Å². The number of rotatable bonds is 6. The Morgan fingerprint density at radius 3 is 2.43 bits per heavy atom. The van der Waals surface area contributed by atoms with Gasteiger partial charge in [0.15, 0.2) is 5.82 Å². The molecule has 0 aromatic carbocycles. The van der Waals surface area contributed by atoms with Gasteiger partial charge in [-0.1, -0.05) is 13.8 Å². The number of hydrogen-bond donors (Lipinski definition) is 1. The summed E-state index contributed by atoms with van der Waals surface area (Å²) in [6.07, 6.45) is 4.90. The van der Waals surface area contributed by atoms with E-state index in [0.717, 1.165) is 42.3 Å². The number of aromatic nitrogens is 4. The van der Waals surface area contributed by atoms with Gasteiger partial charge in [-0.25, -0.2) is 9.97 Å². The van der Waals surface area contributed by atoms with Gasteiger partial charge in [0.25, 0.3) is 0 Å². The highest BCUT2D eigenvalue weighted by Gasteiger charge is 2.16. The molecule has 2 rings (SSSR count). The van der Waals surface area contributed by atoms with E-state index in [4.69, 9.17) is 0 Å². The zero-order valence-corrected chi connectivity index (χ0v) is 13.6. The van der Waals surface area contributed by atoms with E-state index in [2.05, 4.69) is 48.1 Å². The van der Waals surface area contributed by atoms with Gasteiger partial charge < -0.3 is 5.32 Å². The van der Waals surface area contributed by atoms with Gasteiger partial charge in [0.2, 0.25) is 0 Å². The van der Waals surface area contributed by atoms with Crippen LogP contribution in [0.25, 0.3) is 11.4 Å². The van der Waals surface area contributed by atoms with E-state index < -0.39 is 0 Å². The zero-order chi connectivity index (χ0) is 15.4. The zero-order valence-electron chi connectivity index (χ0n) is 13.6. The smallest absolute Gasteiger partial charge is 0.162 e. The third-order valence-corrected chi connectivity index (χ3v) is 3.66. The van der Waals surface area contributed by atoms with Crippen LogP contribution in [0.15, 0.2) is 12.4 Å². The minimum atomic E-state index is 0.416. The molecule has 2 aromatic heterocycles. The largest absolute Gasteiger partial charge is 0.316 e. The van der Waals surface area contributed by atoms with Gasteiger partial charge in [-0.15, -0.1) is 0 Å². The van der Waals surface area contributed by atoms with Crippen molar-refractivity contribution in [2.75, 3.05) is 13.1 Å². The van der Waals surface area contributed by atoms with Crippen molar-refractivity contribution < 1.29 is 0 Å². The Morgan fingerprint density at radius 2 is 1.90 bits per heavy atom. The van der Waals surface area contributed by atoms with E-state index >= 15 is 0 Å². The molecule has 0 saturated heterocycles. The van der Waals surface area contributed by atoms with Gasteiger partial charge in [-0.05, 0) is 38.3 Å². The molecule has 1 unspecified atom stereocenters. The fraction of sp³-hybridized carbons (Fsp3) is 0.562. The van der Waals surface area contributed by atoms with Crippen LogP contribution in [0.3, 0.4) is 0 Å². The van der Waals surface area contributed by atoms with E-state index in [-0.39, 0.29) is 0 Å². The lowest BCUT2D eigenvalue weighted by Crippen LogP contribution is -2.22. The second kappa shape index (κ2) is 6.80. The molecule has 21 heavy (non-hydrogen) atoms. The fourth-order valence-corrected chi connectivity index (χ4v) is 2.70. The van der Waals surface area contributed by atoms with Crippen LogP contribution in [0.4, 0.5) is 0 Å². The molecule has 2 heterocycles. The third kappa shape index (κ3) is 3.67. The van der Waals surface area contributed by atoms with Crippen LogP contribution in [0.1, 0.15) is 43.1 Å². The Balaban J connectivity index is 2.25. The van der Waals surface area contributed by atoms with E-state index in [9.17, 15) is 0 Å². The molecule has 0 aliphatic heterocycles. The Kier molecular flexibility index (Phi) is 5.07. The molecule has 0 bridgehead atoms. The van der Waals surface area contributed by atoms with Crippen molar-refractivity contribution in [1.82, 2.24) is 25.1 Å². The van der Waals surface area contributed by atoms with Crippen LogP contribution in [0, 0.1) is 13.8 Å². The third-order valence-electron chi connectivity index (χ3n) is 3.66. The summed E-state index contributed by atoms with van der Waals surface area (Å²) in [5.41, 5.74) is 4.34. The number of aryl methyl sites for hydroxylation is 3. The first-order chi connectivity index (χ1) is 10.0. The van der Waals surface area contributed by atoms with E-state index in [1.807, 2.05) is 13.2 Å². The lowest BCUT2D eigenvalue weighted by Gasteiger charge is -2.17. The normalized spacial score (nSPS) is 12.6. The summed E-state index contributed by atoms with van der Waals surface area (Å²) < 4.78 is 1.77. The summed E-state index contributed by atoms with van der Waals surface area (Å²) in [6.45, 7) is 10.6. The average Bonchev–Trinajstić information content (AvgIpc) is 2.85. The molecule has 1 N–H and O–H groups in total. The molecule has 5 nitrogen and oxygen atoms in total. The van der Waals surface area contributed by atoms with Crippen molar-refractivity contribution in [3.05, 3.63) is 29.3 Å². The van der Waals surface area contributed by atoms with Gasteiger partial charge in [0.1, 0.15) is 0 Å². The Labute approximate surface area is 126 Å². The average molecular weight is 287 g/mol. The van der Waals surface area contributed by atoms with Crippen LogP contribution in [0.5, 0.6) is 0 Å². The Hall–Kier alpha value is -1.75. The molecule has 0 radical (unpaired) electrons. The maximum Gasteiger partial charge on any atom is 0.162 e. The summed E-state index contributed by atoms with van der Waals surface area (Å²) in [7, 11) is 1.90. The molecule has 2 aromatic rings. The topological polar surface area (TPSA) is 55.6 Å². The number of nitrogens with zero attached hydrogens (tertiary/aromatic N) is 4. The molecule has 0 spiro atoms. The SMILES string of the molecule is CCCNCC(C)c1c(C)nc(-c2cnn(C)c2)nc1C. The van der Waals surface area contributed by atoms with Crippen molar-refractivity contribution >= 4 is 0 Å². The van der Waals surface area contributed by atoms with E-state index in [0.29, 0.717) is 5.92 Å². The van der Waals surface area contributed by atoms with Crippen molar-refractivity contribution in [1.29, 1.82) is 0 Å². The quantitative estimate of drug-likeness (QED) is 0.830. The molecule has 0 amide bonds. The molecule has 114 valence electrons. The summed E-state index contributed by atoms with van der Waals surface area (Å²) in [4.78, 5) is 9.35. The summed E-state index contributed by atoms with van der Waals surface area (Å²) in [6, 6.07) is 0. The highest BCUT2D eigenvalue weighted by atomic mass is 15.2. The van der Waals surface area contributed by atoms with Crippen LogP contribution in [-0.2, 0) is 7.05 Å². The first kappa shape index (κ1) is 15.6. The maximum absolute atomic E-state index is 4.67. The first-order valence-corrected chi connectivity index (χ1v) is 7.57. The van der Waals surface area contributed by atoms with Gasteiger partial charge in [0, 0.05) is 31.2 Å². The van der Waals surface area contributed by atoms with Crippen molar-refractivity contribution in [2.45, 2.75) is 40.0 Å². The second-order valence-electron chi connectivity index (χ2n) is 5.64. The molecular formula is C16H25N5. The molecular weight excluding hydrogens is 262 g/mol. The lowest BCUT2D eigenvalue weighted by molar-refractivity contribution is 0.601. The predicted molar refractivity (Wildman–Crippen MR) is 85.3 cm³/mol. The van der Waals surface area contributed by atoms with Gasteiger partial charge in [-0.2, -0.15) is 5.10 Å². The molecule has 1 atom stereocenters. The minimum Gasteiger partial charge on any atom is -0.316 e. The number of hydrogen-bond acceptors (Lipinski definition) is 4. The van der Waals surface area contributed by atoms with Crippen LogP contribution < -0.4 is 5.32 Å². The molecule has 0 aliphatic carbocycles. The van der Waals surface area contributed by atoms with Crippen LogP contribution >= 0.6 is 0 Å². The predicted octanol–water partition coefficient (Wildman–Crippen LogP) is 2.60. The highest BCUT2D eigenvalue weighted by Crippen LogP contribution is 2.24.